The lowest BCUT2D eigenvalue weighted by atomic mass is 10.3. The van der Waals surface area contributed by atoms with Crippen LogP contribution in [-0.2, 0) is 14.1 Å². The number of aromatic nitrogens is 2. The largest absolute Gasteiger partial charge is 0.383 e. The number of hydrogen-bond acceptors (Lipinski definition) is 5. The van der Waals surface area contributed by atoms with Gasteiger partial charge in [0.15, 0.2) is 5.69 Å². The molecule has 0 fully saturated rings. The molecule has 1 heterocycles. The molecule has 0 spiro atoms. The lowest BCUT2D eigenvalue weighted by molar-refractivity contribution is 0.694. The Balaban J connectivity index is 2.52. The van der Waals surface area contributed by atoms with Crippen molar-refractivity contribution in [2.45, 2.75) is 0 Å². The Morgan fingerprint density at radius 2 is 1.65 bits per heavy atom. The van der Waals surface area contributed by atoms with Crippen molar-refractivity contribution in [3.63, 3.8) is 0 Å². The second-order valence-corrected chi connectivity index (χ2v) is 4.55. The van der Waals surface area contributed by atoms with E-state index in [0.29, 0.717) is 10.7 Å². The van der Waals surface area contributed by atoms with Crippen molar-refractivity contribution in [3.05, 3.63) is 50.1 Å². The highest BCUT2D eigenvalue weighted by Crippen LogP contribution is 2.20. The fraction of sp³-hybridized carbons (Fsp3) is 0.167. The fourth-order valence-electron chi connectivity index (χ4n) is 1.55. The average Bonchev–Trinajstić information content (AvgIpc) is 2.45. The van der Waals surface area contributed by atoms with Crippen molar-refractivity contribution < 1.29 is 0 Å². The summed E-state index contributed by atoms with van der Waals surface area (Å²) in [5.74, 6) is -0.0317. The summed E-state index contributed by atoms with van der Waals surface area (Å²) in [4.78, 5) is 23.6. The molecule has 0 aliphatic rings. The van der Waals surface area contributed by atoms with Crippen LogP contribution in [-0.4, -0.2) is 9.13 Å². The Bertz CT molecular complexity index is 789. The SMILES string of the molecule is Cn1c(N)c(N=Nc2ccc(Cl)cc2)c(=O)n(C)c1=O. The Morgan fingerprint density at radius 1 is 1.05 bits per heavy atom. The molecule has 0 saturated carbocycles. The number of nitrogens with zero attached hydrogens (tertiary/aromatic N) is 4. The molecule has 0 aliphatic heterocycles. The molecular formula is C12H12ClN5O2. The normalized spacial score (nSPS) is 11.2. The number of anilines is 1. The smallest absolute Gasteiger partial charge is 0.332 e. The van der Waals surface area contributed by atoms with Gasteiger partial charge in [-0.2, -0.15) is 5.11 Å². The van der Waals surface area contributed by atoms with Crippen LogP contribution >= 0.6 is 11.6 Å². The highest BCUT2D eigenvalue weighted by Gasteiger charge is 2.12. The van der Waals surface area contributed by atoms with Gasteiger partial charge in [-0.25, -0.2) is 4.79 Å². The van der Waals surface area contributed by atoms with Gasteiger partial charge < -0.3 is 5.73 Å². The summed E-state index contributed by atoms with van der Waals surface area (Å²) in [6.07, 6.45) is 0. The number of rotatable bonds is 2. The molecule has 104 valence electrons. The number of nitrogens with two attached hydrogens (primary N) is 1. The van der Waals surface area contributed by atoms with E-state index in [2.05, 4.69) is 10.2 Å². The van der Waals surface area contributed by atoms with Crippen molar-refractivity contribution in [3.8, 4) is 0 Å². The third kappa shape index (κ3) is 2.48. The molecule has 0 bridgehead atoms. The van der Waals surface area contributed by atoms with Crippen LogP contribution in [0.3, 0.4) is 0 Å². The van der Waals surface area contributed by atoms with Gasteiger partial charge in [0.05, 0.1) is 5.69 Å². The quantitative estimate of drug-likeness (QED) is 0.854. The lowest BCUT2D eigenvalue weighted by Gasteiger charge is -2.07. The van der Waals surface area contributed by atoms with Crippen LogP contribution in [0.25, 0.3) is 0 Å². The number of hydrogen-bond donors (Lipinski definition) is 1. The molecule has 2 rings (SSSR count). The van der Waals surface area contributed by atoms with Gasteiger partial charge in [0.25, 0.3) is 5.56 Å². The minimum atomic E-state index is -0.594. The van der Waals surface area contributed by atoms with Crippen LogP contribution in [0.15, 0.2) is 44.1 Å². The maximum atomic E-state index is 11.9. The molecule has 1 aromatic heterocycles. The van der Waals surface area contributed by atoms with E-state index in [4.69, 9.17) is 17.3 Å². The molecule has 0 atom stereocenters. The maximum Gasteiger partial charge on any atom is 0.332 e. The summed E-state index contributed by atoms with van der Waals surface area (Å²) in [7, 11) is 2.81. The fourth-order valence-corrected chi connectivity index (χ4v) is 1.68. The predicted octanol–water partition coefficient (Wildman–Crippen LogP) is 1.73. The molecule has 7 nitrogen and oxygen atoms in total. The van der Waals surface area contributed by atoms with E-state index in [-0.39, 0.29) is 11.5 Å². The summed E-state index contributed by atoms with van der Waals surface area (Å²) in [6.45, 7) is 0. The minimum Gasteiger partial charge on any atom is -0.383 e. The second kappa shape index (κ2) is 5.30. The van der Waals surface area contributed by atoms with E-state index in [1.165, 1.54) is 14.1 Å². The van der Waals surface area contributed by atoms with Crippen LogP contribution < -0.4 is 17.0 Å². The molecule has 1 aromatic carbocycles. The number of halogens is 1. The van der Waals surface area contributed by atoms with Gasteiger partial charge in [0, 0.05) is 19.1 Å². The van der Waals surface area contributed by atoms with Gasteiger partial charge >= 0.3 is 5.69 Å². The van der Waals surface area contributed by atoms with Crippen LogP contribution in [0, 0.1) is 0 Å². The number of benzene rings is 1. The van der Waals surface area contributed by atoms with Crippen molar-refractivity contribution >= 4 is 28.8 Å². The van der Waals surface area contributed by atoms with Crippen LogP contribution in [0.2, 0.25) is 5.02 Å². The van der Waals surface area contributed by atoms with Crippen molar-refractivity contribution in [1.82, 2.24) is 9.13 Å². The number of azo groups is 1. The topological polar surface area (TPSA) is 94.7 Å². The van der Waals surface area contributed by atoms with E-state index < -0.39 is 11.2 Å². The predicted molar refractivity (Wildman–Crippen MR) is 77.0 cm³/mol. The van der Waals surface area contributed by atoms with Gasteiger partial charge in [-0.15, -0.1) is 5.11 Å². The first-order chi connectivity index (χ1) is 9.41. The van der Waals surface area contributed by atoms with Gasteiger partial charge in [-0.1, -0.05) is 11.6 Å². The molecule has 2 aromatic rings. The standard InChI is InChI=1S/C12H12ClN5O2/c1-17-10(14)9(11(19)18(2)12(17)20)16-15-8-5-3-7(13)4-6-8/h3-6H,14H2,1-2H3. The molecule has 2 N–H and O–H groups in total. The molecule has 8 heteroatoms. The van der Waals surface area contributed by atoms with Crippen molar-refractivity contribution in [2.75, 3.05) is 5.73 Å². The Morgan fingerprint density at radius 3 is 2.25 bits per heavy atom. The molecule has 0 aliphatic carbocycles. The Labute approximate surface area is 118 Å². The van der Waals surface area contributed by atoms with Crippen LogP contribution in [0.5, 0.6) is 0 Å². The first kappa shape index (κ1) is 14.0. The van der Waals surface area contributed by atoms with Gasteiger partial charge in [0.2, 0.25) is 0 Å². The van der Waals surface area contributed by atoms with E-state index in [9.17, 15) is 9.59 Å². The zero-order chi connectivity index (χ0) is 14.9. The lowest BCUT2D eigenvalue weighted by Crippen LogP contribution is -2.37. The first-order valence-corrected chi connectivity index (χ1v) is 6.02. The molecule has 0 saturated heterocycles. The summed E-state index contributed by atoms with van der Waals surface area (Å²) in [6, 6.07) is 6.60. The highest BCUT2D eigenvalue weighted by atomic mass is 35.5. The monoisotopic (exact) mass is 293 g/mol. The van der Waals surface area contributed by atoms with E-state index in [0.717, 1.165) is 9.13 Å². The maximum absolute atomic E-state index is 11.9. The third-order valence-electron chi connectivity index (χ3n) is 2.78. The van der Waals surface area contributed by atoms with Crippen LogP contribution in [0.4, 0.5) is 17.2 Å². The number of nitrogen functional groups attached to an aromatic ring is 1. The highest BCUT2D eigenvalue weighted by molar-refractivity contribution is 6.30. The van der Waals surface area contributed by atoms with Gasteiger partial charge in [0.1, 0.15) is 5.82 Å². The van der Waals surface area contributed by atoms with Crippen LogP contribution in [0.1, 0.15) is 0 Å². The summed E-state index contributed by atoms with van der Waals surface area (Å²) >= 11 is 5.75. The third-order valence-corrected chi connectivity index (χ3v) is 3.03. The molecular weight excluding hydrogens is 282 g/mol. The van der Waals surface area contributed by atoms with Gasteiger partial charge in [-0.3, -0.25) is 13.9 Å². The van der Waals surface area contributed by atoms with Crippen molar-refractivity contribution in [1.29, 1.82) is 0 Å². The Hall–Kier alpha value is -2.41. The zero-order valence-corrected chi connectivity index (χ0v) is 11.6. The average molecular weight is 294 g/mol. The second-order valence-electron chi connectivity index (χ2n) is 4.12. The van der Waals surface area contributed by atoms with E-state index in [1.807, 2.05) is 0 Å². The molecule has 20 heavy (non-hydrogen) atoms. The van der Waals surface area contributed by atoms with Gasteiger partial charge in [-0.05, 0) is 24.3 Å². The minimum absolute atomic E-state index is 0.0317. The van der Waals surface area contributed by atoms with E-state index in [1.54, 1.807) is 24.3 Å². The zero-order valence-electron chi connectivity index (χ0n) is 10.9. The summed E-state index contributed by atoms with van der Waals surface area (Å²) < 4.78 is 2.06. The first-order valence-electron chi connectivity index (χ1n) is 5.64. The summed E-state index contributed by atoms with van der Waals surface area (Å²) in [5, 5.41) is 8.31. The molecule has 0 amide bonds. The molecule has 0 radical (unpaired) electrons. The summed E-state index contributed by atoms with van der Waals surface area (Å²) in [5.41, 5.74) is 5.05. The molecule has 0 unspecified atom stereocenters. The van der Waals surface area contributed by atoms with E-state index >= 15 is 0 Å². The Kier molecular flexibility index (Phi) is 3.71. The van der Waals surface area contributed by atoms with Crippen molar-refractivity contribution in [2.24, 2.45) is 24.3 Å².